The summed E-state index contributed by atoms with van der Waals surface area (Å²) in [6.45, 7) is 10.4. The first kappa shape index (κ1) is 38.7. The molecule has 1 amide bonds. The minimum atomic E-state index is -3.38. The zero-order valence-electron chi connectivity index (χ0n) is 29.0. The number of likely N-dealkylation sites (tertiary alicyclic amines) is 1. The summed E-state index contributed by atoms with van der Waals surface area (Å²) in [5.41, 5.74) is 4.08. The van der Waals surface area contributed by atoms with E-state index in [4.69, 9.17) is 4.74 Å². The first-order valence-corrected chi connectivity index (χ1v) is 19.2. The maximum atomic E-state index is 13.5. The highest BCUT2D eigenvalue weighted by Crippen LogP contribution is 2.32. The van der Waals surface area contributed by atoms with E-state index >= 15 is 0 Å². The van der Waals surface area contributed by atoms with Crippen LogP contribution in [0, 0.1) is 18.8 Å². The molecule has 2 aromatic rings. The van der Waals surface area contributed by atoms with Gasteiger partial charge in [-0.1, -0.05) is 62.9 Å². The average Bonchev–Trinajstić information content (AvgIpc) is 3.44. The number of nitrogens with one attached hydrogen (secondary N) is 1. The molecule has 2 fully saturated rings. The molecule has 0 aromatic heterocycles. The van der Waals surface area contributed by atoms with Crippen LogP contribution in [0.5, 0.6) is 0 Å². The Bertz CT molecular complexity index is 1390. The first-order valence-electron chi connectivity index (χ1n) is 17.2. The second-order valence-electron chi connectivity index (χ2n) is 13.2. The van der Waals surface area contributed by atoms with Crippen LogP contribution in [0.25, 0.3) is 11.1 Å². The molecular formula is C37H56N2O7S. The highest BCUT2D eigenvalue weighted by molar-refractivity contribution is 7.90. The second kappa shape index (κ2) is 19.3. The van der Waals surface area contributed by atoms with Gasteiger partial charge in [0.25, 0.3) is 5.91 Å². The highest BCUT2D eigenvalue weighted by Gasteiger charge is 2.32. The number of sulfone groups is 1. The summed E-state index contributed by atoms with van der Waals surface area (Å²) < 4.78 is 34.1. The van der Waals surface area contributed by atoms with Gasteiger partial charge in [-0.15, -0.1) is 0 Å². The van der Waals surface area contributed by atoms with Gasteiger partial charge in [-0.05, 0) is 85.8 Å². The van der Waals surface area contributed by atoms with E-state index < -0.39 is 27.8 Å². The summed E-state index contributed by atoms with van der Waals surface area (Å²) in [5, 5.41) is 12.2. The molecule has 2 aliphatic rings. The van der Waals surface area contributed by atoms with E-state index in [2.05, 4.69) is 21.9 Å². The second-order valence-corrected chi connectivity index (χ2v) is 15.4. The fraction of sp³-hybridized carbons (Fsp3) is 0.622. The molecule has 262 valence electrons. The molecule has 0 radical (unpaired) electrons. The molecule has 1 heterocycles. The zero-order chi connectivity index (χ0) is 34.4. The number of aryl methyl sites for hydroxylation is 1. The van der Waals surface area contributed by atoms with Crippen molar-refractivity contribution in [2.24, 2.45) is 11.8 Å². The van der Waals surface area contributed by atoms with Crippen LogP contribution in [-0.2, 0) is 30.7 Å². The van der Waals surface area contributed by atoms with Crippen LogP contribution in [0.3, 0.4) is 0 Å². The quantitative estimate of drug-likeness (QED) is 0.232. The van der Waals surface area contributed by atoms with E-state index in [-0.39, 0.29) is 12.2 Å². The molecule has 3 atom stereocenters. The van der Waals surface area contributed by atoms with Gasteiger partial charge in [-0.2, -0.15) is 0 Å². The largest absolute Gasteiger partial charge is 0.480 e. The van der Waals surface area contributed by atoms with Gasteiger partial charge in [0.05, 0.1) is 12.4 Å². The van der Waals surface area contributed by atoms with Gasteiger partial charge in [0.1, 0.15) is 15.9 Å². The normalized spacial score (nSPS) is 19.5. The van der Waals surface area contributed by atoms with E-state index in [1.165, 1.54) is 32.1 Å². The topological polar surface area (TPSA) is 122 Å². The standard InChI is InChI=1S/C34H48N2O6S.C3H8O/c1-4-25-18-28(23-42-22-26-11-6-5-7-12-26)36(20-25)21-27-14-15-30(31(19-27)29-13-9-8-10-24(29)2)33(37)35-32(34(38)39)16-17-43(3,40)41;1-3-4-2/h8-10,13-15,19,25-26,28,32H,4-7,11-12,16-18,20-23H2,1-3H3,(H,35,37)(H,38,39);3H2,1-2H3/t25?,28-,32?;/m0./s1. The Labute approximate surface area is 282 Å². The summed E-state index contributed by atoms with van der Waals surface area (Å²) in [5.74, 6) is -0.806. The lowest BCUT2D eigenvalue weighted by Crippen LogP contribution is -2.42. The SMILES string of the molecule is CCC1C[C@@H](COCC2CCCCC2)N(Cc2ccc(C(=O)NC(CCS(C)(=O)=O)C(=O)O)c(-c3ccccc3C)c2)C1.CCOC. The van der Waals surface area contributed by atoms with Gasteiger partial charge < -0.3 is 19.9 Å². The molecule has 10 heteroatoms. The maximum absolute atomic E-state index is 13.5. The van der Waals surface area contributed by atoms with Crippen molar-refractivity contribution in [2.45, 2.75) is 90.8 Å². The lowest BCUT2D eigenvalue weighted by atomic mass is 9.90. The van der Waals surface area contributed by atoms with Gasteiger partial charge in [0, 0.05) is 51.3 Å². The Morgan fingerprint density at radius 3 is 2.34 bits per heavy atom. The van der Waals surface area contributed by atoms with Crippen molar-refractivity contribution in [1.82, 2.24) is 10.2 Å². The van der Waals surface area contributed by atoms with Crippen LogP contribution < -0.4 is 5.32 Å². The third kappa shape index (κ3) is 12.6. The molecule has 0 spiro atoms. The maximum Gasteiger partial charge on any atom is 0.326 e. The fourth-order valence-electron chi connectivity index (χ4n) is 6.52. The molecular weight excluding hydrogens is 616 g/mol. The molecule has 2 aromatic carbocycles. The number of rotatable bonds is 15. The lowest BCUT2D eigenvalue weighted by molar-refractivity contribution is -0.139. The number of carbonyl (C=O) groups is 2. The van der Waals surface area contributed by atoms with Gasteiger partial charge in [-0.25, -0.2) is 13.2 Å². The number of aliphatic carboxylic acids is 1. The van der Waals surface area contributed by atoms with E-state index in [1.54, 1.807) is 13.2 Å². The van der Waals surface area contributed by atoms with E-state index in [9.17, 15) is 23.1 Å². The van der Waals surface area contributed by atoms with Crippen molar-refractivity contribution in [1.29, 1.82) is 0 Å². The Kier molecular flexibility index (Phi) is 15.8. The molecule has 1 saturated heterocycles. The predicted molar refractivity (Wildman–Crippen MR) is 187 cm³/mol. The summed E-state index contributed by atoms with van der Waals surface area (Å²) in [7, 11) is -1.70. The van der Waals surface area contributed by atoms with Crippen molar-refractivity contribution in [3.63, 3.8) is 0 Å². The Morgan fingerprint density at radius 2 is 1.72 bits per heavy atom. The van der Waals surface area contributed by atoms with E-state index in [0.29, 0.717) is 23.4 Å². The predicted octanol–water partition coefficient (Wildman–Crippen LogP) is 6.13. The average molecular weight is 673 g/mol. The molecule has 1 saturated carbocycles. The number of carboxylic acids is 1. The Balaban J connectivity index is 0.00000142. The number of carbonyl (C=O) groups excluding carboxylic acids is 1. The van der Waals surface area contributed by atoms with Crippen molar-refractivity contribution in [3.05, 3.63) is 59.2 Å². The third-order valence-corrected chi connectivity index (χ3v) is 10.4. The van der Waals surface area contributed by atoms with Crippen LogP contribution in [0.15, 0.2) is 42.5 Å². The Morgan fingerprint density at radius 1 is 1.02 bits per heavy atom. The fourth-order valence-corrected chi connectivity index (χ4v) is 7.19. The number of hydrogen-bond donors (Lipinski definition) is 2. The van der Waals surface area contributed by atoms with Gasteiger partial charge in [-0.3, -0.25) is 9.69 Å². The molecule has 0 bridgehead atoms. The number of hydrogen-bond acceptors (Lipinski definition) is 7. The molecule has 47 heavy (non-hydrogen) atoms. The third-order valence-electron chi connectivity index (χ3n) is 9.40. The highest BCUT2D eigenvalue weighted by atomic mass is 32.2. The molecule has 9 nitrogen and oxygen atoms in total. The van der Waals surface area contributed by atoms with E-state index in [0.717, 1.165) is 74.3 Å². The number of nitrogens with zero attached hydrogens (tertiary/aromatic N) is 1. The van der Waals surface area contributed by atoms with Crippen LogP contribution in [0.1, 0.15) is 86.7 Å². The van der Waals surface area contributed by atoms with Gasteiger partial charge in [0.2, 0.25) is 0 Å². The molecule has 2 unspecified atom stereocenters. The summed E-state index contributed by atoms with van der Waals surface area (Å²) in [6, 6.07) is 12.6. The molecule has 1 aliphatic carbocycles. The van der Waals surface area contributed by atoms with Crippen molar-refractivity contribution >= 4 is 21.7 Å². The number of methoxy groups -OCH3 is 1. The molecule has 2 N–H and O–H groups in total. The molecule has 4 rings (SSSR count). The summed E-state index contributed by atoms with van der Waals surface area (Å²) >= 11 is 0. The lowest BCUT2D eigenvalue weighted by Gasteiger charge is -2.27. The van der Waals surface area contributed by atoms with E-state index in [1.807, 2.05) is 50.2 Å². The van der Waals surface area contributed by atoms with Crippen LogP contribution in [-0.4, -0.2) is 87.9 Å². The molecule has 1 aliphatic heterocycles. The van der Waals surface area contributed by atoms with Crippen molar-refractivity contribution in [3.8, 4) is 11.1 Å². The van der Waals surface area contributed by atoms with Crippen molar-refractivity contribution in [2.75, 3.05) is 45.5 Å². The smallest absolute Gasteiger partial charge is 0.326 e. The van der Waals surface area contributed by atoms with Crippen LogP contribution >= 0.6 is 0 Å². The Hall–Kier alpha value is -2.79. The summed E-state index contributed by atoms with van der Waals surface area (Å²) in [4.78, 5) is 27.8. The van der Waals surface area contributed by atoms with Crippen molar-refractivity contribution < 1.29 is 32.6 Å². The first-order chi connectivity index (χ1) is 22.4. The van der Waals surface area contributed by atoms with Gasteiger partial charge in [0.15, 0.2) is 0 Å². The summed E-state index contributed by atoms with van der Waals surface area (Å²) in [6.07, 6.45) is 9.64. The monoisotopic (exact) mass is 672 g/mol. The minimum absolute atomic E-state index is 0.199. The van der Waals surface area contributed by atoms with Gasteiger partial charge >= 0.3 is 5.97 Å². The number of ether oxygens (including phenoxy) is 2. The zero-order valence-corrected chi connectivity index (χ0v) is 29.8. The minimum Gasteiger partial charge on any atom is -0.480 e. The van der Waals surface area contributed by atoms with Crippen LogP contribution in [0.2, 0.25) is 0 Å². The number of carboxylic acid groups (broad SMARTS) is 1. The van der Waals surface area contributed by atoms with Crippen LogP contribution in [0.4, 0.5) is 0 Å². The number of benzene rings is 2. The number of amides is 1.